The Kier molecular flexibility index (Phi) is 16.6. The van der Waals surface area contributed by atoms with Crippen LogP contribution in [0, 0.1) is 0 Å². The van der Waals surface area contributed by atoms with E-state index in [1.54, 1.807) is 0 Å². The average Bonchev–Trinajstić information content (AvgIpc) is 2.19. The Morgan fingerprint density at radius 1 is 1.19 bits per heavy atom. The van der Waals surface area contributed by atoms with E-state index in [9.17, 15) is 9.59 Å². The molecule has 6 heteroatoms. The number of carbonyl (C=O) groups is 2. The molecule has 0 unspecified atom stereocenters. The SMILES string of the molecule is CC(=O)CC(=O)OCCCCl.OCCCCl. The molecule has 0 saturated carbocycles. The van der Waals surface area contributed by atoms with Crippen molar-refractivity contribution in [1.82, 2.24) is 0 Å². The number of aliphatic hydroxyl groups is 1. The van der Waals surface area contributed by atoms with E-state index in [-0.39, 0.29) is 18.8 Å². The summed E-state index contributed by atoms with van der Waals surface area (Å²) in [6.07, 6.45) is 1.20. The van der Waals surface area contributed by atoms with Crippen LogP contribution < -0.4 is 0 Å². The number of Topliss-reactive ketones (excluding diaryl/α,β-unsaturated/α-hetero) is 1. The van der Waals surface area contributed by atoms with Crippen molar-refractivity contribution in [2.45, 2.75) is 26.2 Å². The first-order valence-corrected chi connectivity index (χ1v) is 6.03. The maximum absolute atomic E-state index is 10.6. The average molecular weight is 273 g/mol. The third kappa shape index (κ3) is 19.3. The van der Waals surface area contributed by atoms with Crippen LogP contribution >= 0.6 is 23.2 Å². The summed E-state index contributed by atoms with van der Waals surface area (Å²) < 4.78 is 4.65. The number of aliphatic hydroxyl groups excluding tert-OH is 1. The maximum Gasteiger partial charge on any atom is 0.313 e. The predicted molar refractivity (Wildman–Crippen MR) is 64.0 cm³/mol. The van der Waals surface area contributed by atoms with Gasteiger partial charge in [0, 0.05) is 18.4 Å². The van der Waals surface area contributed by atoms with E-state index in [1.165, 1.54) is 6.92 Å². The minimum absolute atomic E-state index is 0.137. The number of hydrogen-bond donors (Lipinski definition) is 1. The maximum atomic E-state index is 10.6. The second-order valence-corrected chi connectivity index (χ2v) is 3.66. The molecule has 0 aromatic carbocycles. The highest BCUT2D eigenvalue weighted by molar-refractivity contribution is 6.18. The highest BCUT2D eigenvalue weighted by atomic mass is 35.5. The lowest BCUT2D eigenvalue weighted by molar-refractivity contribution is -0.145. The molecule has 0 amide bonds. The molecule has 0 aromatic heterocycles. The standard InChI is InChI=1S/C7H11ClO3.C3H7ClO/c1-6(9)5-7(10)11-4-2-3-8;4-2-1-3-5/h2-5H2,1H3;5H,1-3H2. The fourth-order valence-electron chi connectivity index (χ4n) is 0.555. The molecule has 0 aromatic rings. The summed E-state index contributed by atoms with van der Waals surface area (Å²) in [5.41, 5.74) is 0. The van der Waals surface area contributed by atoms with Crippen LogP contribution in [0.4, 0.5) is 0 Å². The number of rotatable bonds is 7. The van der Waals surface area contributed by atoms with Gasteiger partial charge in [-0.05, 0) is 19.8 Å². The molecule has 0 atom stereocenters. The lowest BCUT2D eigenvalue weighted by Gasteiger charge is -2.00. The molecule has 96 valence electrons. The van der Waals surface area contributed by atoms with Crippen molar-refractivity contribution >= 4 is 35.0 Å². The summed E-state index contributed by atoms with van der Waals surface area (Å²) in [6.45, 7) is 1.86. The fraction of sp³-hybridized carbons (Fsp3) is 0.800. The minimum atomic E-state index is -0.470. The highest BCUT2D eigenvalue weighted by Crippen LogP contribution is 1.91. The Morgan fingerprint density at radius 2 is 1.75 bits per heavy atom. The van der Waals surface area contributed by atoms with Gasteiger partial charge in [-0.25, -0.2) is 0 Å². The summed E-state index contributed by atoms with van der Waals surface area (Å²) in [5, 5.41) is 7.98. The van der Waals surface area contributed by atoms with E-state index in [0.717, 1.165) is 0 Å². The molecule has 0 spiro atoms. The number of ketones is 1. The van der Waals surface area contributed by atoms with Crippen LogP contribution in [0.25, 0.3) is 0 Å². The number of ether oxygens (including phenoxy) is 1. The van der Waals surface area contributed by atoms with Gasteiger partial charge in [0.05, 0.1) is 6.61 Å². The van der Waals surface area contributed by atoms with Crippen LogP contribution in [0.5, 0.6) is 0 Å². The normalized spacial score (nSPS) is 9.00. The van der Waals surface area contributed by atoms with Crippen LogP contribution in [0.3, 0.4) is 0 Å². The van der Waals surface area contributed by atoms with Crippen molar-refractivity contribution < 1.29 is 19.4 Å². The molecule has 0 aliphatic rings. The molecule has 0 saturated heterocycles. The van der Waals surface area contributed by atoms with Gasteiger partial charge in [-0.3, -0.25) is 9.59 Å². The van der Waals surface area contributed by atoms with Gasteiger partial charge in [-0.15, -0.1) is 23.2 Å². The minimum Gasteiger partial charge on any atom is -0.465 e. The smallest absolute Gasteiger partial charge is 0.313 e. The number of halogens is 2. The lowest BCUT2D eigenvalue weighted by atomic mass is 10.3. The van der Waals surface area contributed by atoms with E-state index < -0.39 is 5.97 Å². The van der Waals surface area contributed by atoms with E-state index in [2.05, 4.69) is 4.74 Å². The zero-order chi connectivity index (χ0) is 12.8. The van der Waals surface area contributed by atoms with Crippen molar-refractivity contribution in [1.29, 1.82) is 0 Å². The van der Waals surface area contributed by atoms with Gasteiger partial charge in [0.2, 0.25) is 0 Å². The van der Waals surface area contributed by atoms with E-state index in [0.29, 0.717) is 31.2 Å². The summed E-state index contributed by atoms with van der Waals surface area (Å²) in [7, 11) is 0. The van der Waals surface area contributed by atoms with E-state index in [1.807, 2.05) is 0 Å². The van der Waals surface area contributed by atoms with Gasteiger partial charge < -0.3 is 9.84 Å². The Bertz CT molecular complexity index is 184. The van der Waals surface area contributed by atoms with Crippen molar-refractivity contribution in [3.8, 4) is 0 Å². The monoisotopic (exact) mass is 272 g/mol. The molecule has 0 aliphatic carbocycles. The summed E-state index contributed by atoms with van der Waals surface area (Å²) >= 11 is 10.5. The number of hydrogen-bond acceptors (Lipinski definition) is 4. The van der Waals surface area contributed by atoms with Crippen molar-refractivity contribution in [3.05, 3.63) is 0 Å². The van der Waals surface area contributed by atoms with E-state index in [4.69, 9.17) is 28.3 Å². The molecular formula is C10H18Cl2O4. The molecule has 1 N–H and O–H groups in total. The van der Waals surface area contributed by atoms with Gasteiger partial charge in [-0.2, -0.15) is 0 Å². The summed E-state index contributed by atoms with van der Waals surface area (Å²) in [5.74, 6) is 0.382. The van der Waals surface area contributed by atoms with Crippen LogP contribution in [-0.2, 0) is 14.3 Å². The molecule has 0 rings (SSSR count). The van der Waals surface area contributed by atoms with Gasteiger partial charge in [0.1, 0.15) is 12.2 Å². The van der Waals surface area contributed by atoms with Crippen molar-refractivity contribution in [2.75, 3.05) is 25.0 Å². The molecule has 0 heterocycles. The molecule has 4 nitrogen and oxygen atoms in total. The fourth-order valence-corrected chi connectivity index (χ4v) is 0.783. The summed E-state index contributed by atoms with van der Waals surface area (Å²) in [6, 6.07) is 0. The molecular weight excluding hydrogens is 255 g/mol. The number of alkyl halides is 2. The molecule has 0 fully saturated rings. The van der Waals surface area contributed by atoms with E-state index >= 15 is 0 Å². The molecule has 0 aliphatic heterocycles. The lowest BCUT2D eigenvalue weighted by Crippen LogP contribution is -2.09. The Labute approximate surface area is 106 Å². The number of esters is 1. The van der Waals surface area contributed by atoms with Crippen LogP contribution in [0.15, 0.2) is 0 Å². The predicted octanol–water partition coefficient (Wildman–Crippen LogP) is 1.75. The molecule has 16 heavy (non-hydrogen) atoms. The van der Waals surface area contributed by atoms with Gasteiger partial charge >= 0.3 is 5.97 Å². The second kappa shape index (κ2) is 14.7. The zero-order valence-corrected chi connectivity index (χ0v) is 10.9. The molecule has 0 bridgehead atoms. The van der Waals surface area contributed by atoms with Gasteiger partial charge in [0.25, 0.3) is 0 Å². The quantitative estimate of drug-likeness (QED) is 0.332. The van der Waals surface area contributed by atoms with Crippen LogP contribution in [-0.4, -0.2) is 41.8 Å². The third-order valence-electron chi connectivity index (χ3n) is 1.23. The summed E-state index contributed by atoms with van der Waals surface area (Å²) in [4.78, 5) is 21.0. The highest BCUT2D eigenvalue weighted by Gasteiger charge is 2.04. The van der Waals surface area contributed by atoms with Crippen LogP contribution in [0.2, 0.25) is 0 Å². The van der Waals surface area contributed by atoms with Crippen molar-refractivity contribution in [2.24, 2.45) is 0 Å². The largest absolute Gasteiger partial charge is 0.465 e. The Morgan fingerprint density at radius 3 is 2.06 bits per heavy atom. The molecule has 0 radical (unpaired) electrons. The first-order chi connectivity index (χ1) is 7.58. The number of carbonyl (C=O) groups excluding carboxylic acids is 2. The van der Waals surface area contributed by atoms with Gasteiger partial charge in [0.15, 0.2) is 0 Å². The topological polar surface area (TPSA) is 63.6 Å². The Hall–Kier alpha value is -0.320. The first-order valence-electron chi connectivity index (χ1n) is 4.96. The Balaban J connectivity index is 0. The first kappa shape index (κ1) is 18.1. The van der Waals surface area contributed by atoms with Crippen LogP contribution in [0.1, 0.15) is 26.2 Å². The second-order valence-electron chi connectivity index (χ2n) is 2.91. The van der Waals surface area contributed by atoms with Crippen molar-refractivity contribution in [3.63, 3.8) is 0 Å². The van der Waals surface area contributed by atoms with Gasteiger partial charge in [-0.1, -0.05) is 0 Å². The third-order valence-corrected chi connectivity index (χ3v) is 1.76. The zero-order valence-electron chi connectivity index (χ0n) is 9.38.